The number of benzene rings is 1. The SMILES string of the molecule is CCC1CN(CC(O)c2ccc(C(N)=S)cc2)CCS1. The highest BCUT2D eigenvalue weighted by molar-refractivity contribution is 8.00. The Morgan fingerprint density at radius 2 is 2.20 bits per heavy atom. The highest BCUT2D eigenvalue weighted by Crippen LogP contribution is 2.23. The smallest absolute Gasteiger partial charge is 0.103 e. The lowest BCUT2D eigenvalue weighted by Gasteiger charge is -2.33. The number of thiocarbonyl (C=S) groups is 1. The molecular formula is C15H22N2OS2. The summed E-state index contributed by atoms with van der Waals surface area (Å²) in [7, 11) is 0. The van der Waals surface area contributed by atoms with Crippen molar-refractivity contribution < 1.29 is 5.11 Å². The number of β-amino-alcohol motifs (C(OH)–C–C–N with tert-alkyl or cyclic N) is 1. The molecule has 0 spiro atoms. The lowest BCUT2D eigenvalue weighted by Crippen LogP contribution is -2.39. The normalized spacial score (nSPS) is 21.6. The van der Waals surface area contributed by atoms with Gasteiger partial charge in [-0.3, -0.25) is 4.90 Å². The third-order valence-corrected chi connectivity index (χ3v) is 5.30. The predicted molar refractivity (Wildman–Crippen MR) is 90.3 cm³/mol. The summed E-state index contributed by atoms with van der Waals surface area (Å²) in [6.45, 7) is 5.06. The number of nitrogens with zero attached hydrogens (tertiary/aromatic N) is 1. The fraction of sp³-hybridized carbons (Fsp3) is 0.533. The van der Waals surface area contributed by atoms with Crippen molar-refractivity contribution in [3.8, 4) is 0 Å². The molecule has 2 atom stereocenters. The molecule has 1 aliphatic rings. The molecule has 1 aromatic rings. The highest BCUT2D eigenvalue weighted by atomic mass is 32.2. The molecular weight excluding hydrogens is 288 g/mol. The van der Waals surface area contributed by atoms with E-state index in [4.69, 9.17) is 18.0 Å². The van der Waals surface area contributed by atoms with Gasteiger partial charge in [-0.15, -0.1) is 0 Å². The molecule has 3 N–H and O–H groups in total. The largest absolute Gasteiger partial charge is 0.389 e. The summed E-state index contributed by atoms with van der Waals surface area (Å²) in [5.74, 6) is 1.16. The first-order valence-electron chi connectivity index (χ1n) is 7.02. The standard InChI is InChI=1S/C15H22N2OS2/c1-2-13-9-17(7-8-20-13)10-14(18)11-3-5-12(6-4-11)15(16)19/h3-6,13-14,18H,2,7-10H2,1H3,(H2,16,19). The molecule has 2 rings (SSSR count). The Morgan fingerprint density at radius 3 is 2.80 bits per heavy atom. The van der Waals surface area contributed by atoms with Gasteiger partial charge in [-0.25, -0.2) is 0 Å². The van der Waals surface area contributed by atoms with Crippen molar-refractivity contribution in [1.82, 2.24) is 4.90 Å². The van der Waals surface area contributed by atoms with Gasteiger partial charge in [-0.05, 0) is 12.0 Å². The molecule has 0 aromatic heterocycles. The molecule has 2 unspecified atom stereocenters. The van der Waals surface area contributed by atoms with Crippen molar-refractivity contribution in [1.29, 1.82) is 0 Å². The quantitative estimate of drug-likeness (QED) is 0.817. The van der Waals surface area contributed by atoms with Crippen LogP contribution in [0, 0.1) is 0 Å². The van der Waals surface area contributed by atoms with Crippen molar-refractivity contribution in [2.75, 3.05) is 25.4 Å². The minimum atomic E-state index is -0.448. The van der Waals surface area contributed by atoms with Crippen molar-refractivity contribution in [2.24, 2.45) is 5.73 Å². The molecule has 0 radical (unpaired) electrons. The Kier molecular flexibility index (Phi) is 5.84. The maximum atomic E-state index is 10.3. The molecule has 110 valence electrons. The topological polar surface area (TPSA) is 49.5 Å². The van der Waals surface area contributed by atoms with Gasteiger partial charge in [0.25, 0.3) is 0 Å². The highest BCUT2D eigenvalue weighted by Gasteiger charge is 2.21. The van der Waals surface area contributed by atoms with Crippen LogP contribution >= 0.6 is 24.0 Å². The van der Waals surface area contributed by atoms with Crippen LogP contribution in [0.3, 0.4) is 0 Å². The number of rotatable bonds is 5. The molecule has 1 fully saturated rings. The van der Waals surface area contributed by atoms with E-state index in [1.807, 2.05) is 36.0 Å². The summed E-state index contributed by atoms with van der Waals surface area (Å²) in [5, 5.41) is 11.1. The van der Waals surface area contributed by atoms with Crippen LogP contribution in [0.15, 0.2) is 24.3 Å². The van der Waals surface area contributed by atoms with E-state index in [0.717, 1.165) is 30.0 Å². The van der Waals surface area contributed by atoms with Crippen LogP contribution in [-0.2, 0) is 0 Å². The Morgan fingerprint density at radius 1 is 1.50 bits per heavy atom. The first kappa shape index (κ1) is 15.8. The molecule has 1 heterocycles. The van der Waals surface area contributed by atoms with Gasteiger partial charge in [-0.1, -0.05) is 43.4 Å². The number of hydrogen-bond donors (Lipinski definition) is 2. The second kappa shape index (κ2) is 7.41. The van der Waals surface area contributed by atoms with Crippen molar-refractivity contribution in [3.05, 3.63) is 35.4 Å². The van der Waals surface area contributed by atoms with E-state index in [0.29, 0.717) is 16.8 Å². The van der Waals surface area contributed by atoms with E-state index in [9.17, 15) is 5.11 Å². The zero-order valence-corrected chi connectivity index (χ0v) is 13.4. The molecule has 20 heavy (non-hydrogen) atoms. The first-order chi connectivity index (χ1) is 9.60. The van der Waals surface area contributed by atoms with Crippen molar-refractivity contribution >= 4 is 29.0 Å². The maximum Gasteiger partial charge on any atom is 0.103 e. The number of aliphatic hydroxyl groups excluding tert-OH is 1. The fourth-order valence-corrected chi connectivity index (χ4v) is 3.80. The van der Waals surface area contributed by atoms with Gasteiger partial charge in [0.1, 0.15) is 4.99 Å². The number of nitrogens with two attached hydrogens (primary N) is 1. The predicted octanol–water partition coefficient (Wildman–Crippen LogP) is 2.18. The molecule has 0 saturated carbocycles. The van der Waals surface area contributed by atoms with Gasteiger partial charge in [0, 0.05) is 36.2 Å². The molecule has 3 nitrogen and oxygen atoms in total. The third kappa shape index (κ3) is 4.19. The zero-order chi connectivity index (χ0) is 14.5. The van der Waals surface area contributed by atoms with Crippen LogP contribution in [0.4, 0.5) is 0 Å². The molecule has 1 saturated heterocycles. The third-order valence-electron chi connectivity index (χ3n) is 3.69. The molecule has 5 heteroatoms. The van der Waals surface area contributed by atoms with Crippen LogP contribution in [0.1, 0.15) is 30.6 Å². The second-order valence-electron chi connectivity index (χ2n) is 5.16. The zero-order valence-electron chi connectivity index (χ0n) is 11.8. The number of hydrogen-bond acceptors (Lipinski definition) is 4. The first-order valence-corrected chi connectivity index (χ1v) is 8.47. The van der Waals surface area contributed by atoms with E-state index >= 15 is 0 Å². The average molecular weight is 310 g/mol. The van der Waals surface area contributed by atoms with Crippen molar-refractivity contribution in [2.45, 2.75) is 24.7 Å². The summed E-state index contributed by atoms with van der Waals surface area (Å²) in [5.41, 5.74) is 7.35. The Balaban J connectivity index is 1.93. The summed E-state index contributed by atoms with van der Waals surface area (Å²) in [6, 6.07) is 7.58. The minimum Gasteiger partial charge on any atom is -0.389 e. The molecule has 0 amide bonds. The lowest BCUT2D eigenvalue weighted by molar-refractivity contribution is 0.115. The molecule has 1 aromatic carbocycles. The van der Waals surface area contributed by atoms with Crippen LogP contribution < -0.4 is 5.73 Å². The van der Waals surface area contributed by atoms with Crippen LogP contribution in [-0.4, -0.2) is 45.6 Å². The maximum absolute atomic E-state index is 10.3. The van der Waals surface area contributed by atoms with Gasteiger partial charge in [0.2, 0.25) is 0 Å². The van der Waals surface area contributed by atoms with Crippen LogP contribution in [0.2, 0.25) is 0 Å². The van der Waals surface area contributed by atoms with Crippen molar-refractivity contribution in [3.63, 3.8) is 0 Å². The minimum absolute atomic E-state index is 0.393. The Hall–Kier alpha value is -0.620. The average Bonchev–Trinajstić information content (AvgIpc) is 2.47. The van der Waals surface area contributed by atoms with Crippen LogP contribution in [0.25, 0.3) is 0 Å². The summed E-state index contributed by atoms with van der Waals surface area (Å²) < 4.78 is 0. The molecule has 0 bridgehead atoms. The summed E-state index contributed by atoms with van der Waals surface area (Å²) >= 11 is 6.98. The Labute approximate surface area is 130 Å². The van der Waals surface area contributed by atoms with E-state index in [-0.39, 0.29) is 0 Å². The Bertz CT molecular complexity index is 450. The lowest BCUT2D eigenvalue weighted by atomic mass is 10.1. The fourth-order valence-electron chi connectivity index (χ4n) is 2.41. The van der Waals surface area contributed by atoms with E-state index in [1.165, 1.54) is 6.42 Å². The summed E-state index contributed by atoms with van der Waals surface area (Å²) in [4.78, 5) is 2.75. The second-order valence-corrected chi connectivity index (χ2v) is 7.01. The van der Waals surface area contributed by atoms with Gasteiger partial charge in [0.05, 0.1) is 6.10 Å². The van der Waals surface area contributed by atoms with Gasteiger partial charge < -0.3 is 10.8 Å². The van der Waals surface area contributed by atoms with E-state index < -0.39 is 6.10 Å². The van der Waals surface area contributed by atoms with Crippen LogP contribution in [0.5, 0.6) is 0 Å². The monoisotopic (exact) mass is 310 g/mol. The van der Waals surface area contributed by atoms with Gasteiger partial charge in [0.15, 0.2) is 0 Å². The number of aliphatic hydroxyl groups is 1. The number of thioether (sulfide) groups is 1. The van der Waals surface area contributed by atoms with E-state index in [2.05, 4.69) is 11.8 Å². The summed E-state index contributed by atoms with van der Waals surface area (Å²) in [6.07, 6.45) is 0.746. The molecule has 1 aliphatic heterocycles. The van der Waals surface area contributed by atoms with Gasteiger partial charge >= 0.3 is 0 Å². The molecule has 0 aliphatic carbocycles. The van der Waals surface area contributed by atoms with E-state index in [1.54, 1.807) is 0 Å². The van der Waals surface area contributed by atoms with Gasteiger partial charge in [-0.2, -0.15) is 11.8 Å².